The molecular formula is C13H17FO. The van der Waals surface area contributed by atoms with Crippen LogP contribution in [0.3, 0.4) is 0 Å². The molecule has 1 rings (SSSR count). The Morgan fingerprint density at radius 2 is 2.00 bits per heavy atom. The van der Waals surface area contributed by atoms with Crippen molar-refractivity contribution in [2.24, 2.45) is 5.41 Å². The van der Waals surface area contributed by atoms with Crippen molar-refractivity contribution in [1.29, 1.82) is 0 Å². The standard InChI is InChI=1S/C13H17FO/c1-5-9-6-11(14)10(7-12(9)15)8-13(2,3)4/h5-7,15H,1,8H2,2-4H3. The Balaban J connectivity index is 3.11. The number of benzene rings is 1. The second-order valence-corrected chi connectivity index (χ2v) is 4.94. The Kier molecular flexibility index (Phi) is 3.18. The Morgan fingerprint density at radius 3 is 2.47 bits per heavy atom. The highest BCUT2D eigenvalue weighted by molar-refractivity contribution is 5.56. The zero-order chi connectivity index (χ0) is 11.6. The van der Waals surface area contributed by atoms with Gasteiger partial charge < -0.3 is 5.11 Å². The van der Waals surface area contributed by atoms with Gasteiger partial charge in [0, 0.05) is 5.56 Å². The number of halogens is 1. The summed E-state index contributed by atoms with van der Waals surface area (Å²) in [6, 6.07) is 2.81. The summed E-state index contributed by atoms with van der Waals surface area (Å²) in [5, 5.41) is 9.57. The smallest absolute Gasteiger partial charge is 0.127 e. The lowest BCUT2D eigenvalue weighted by molar-refractivity contribution is 0.399. The number of phenols is 1. The largest absolute Gasteiger partial charge is 0.507 e. The summed E-state index contributed by atoms with van der Waals surface area (Å²) in [4.78, 5) is 0. The van der Waals surface area contributed by atoms with Gasteiger partial charge in [-0.3, -0.25) is 0 Å². The Hall–Kier alpha value is -1.31. The molecule has 0 aromatic heterocycles. The number of aromatic hydroxyl groups is 1. The molecule has 0 aliphatic heterocycles. The van der Waals surface area contributed by atoms with Crippen molar-refractivity contribution in [2.75, 3.05) is 0 Å². The van der Waals surface area contributed by atoms with Gasteiger partial charge in [-0.05, 0) is 29.5 Å². The SMILES string of the molecule is C=Cc1cc(F)c(CC(C)(C)C)cc1O. The van der Waals surface area contributed by atoms with Crippen molar-refractivity contribution in [2.45, 2.75) is 27.2 Å². The first-order valence-electron chi connectivity index (χ1n) is 4.97. The molecule has 1 N–H and O–H groups in total. The van der Waals surface area contributed by atoms with Crippen LogP contribution in [0.2, 0.25) is 0 Å². The molecule has 2 heteroatoms. The highest BCUT2D eigenvalue weighted by atomic mass is 19.1. The highest BCUT2D eigenvalue weighted by Crippen LogP contribution is 2.28. The Bertz CT molecular complexity index is 375. The first-order chi connectivity index (χ1) is 6.83. The zero-order valence-electron chi connectivity index (χ0n) is 9.47. The maximum Gasteiger partial charge on any atom is 0.127 e. The van der Waals surface area contributed by atoms with Gasteiger partial charge in [0.1, 0.15) is 11.6 Å². The lowest BCUT2D eigenvalue weighted by Gasteiger charge is -2.19. The quantitative estimate of drug-likeness (QED) is 0.784. The van der Waals surface area contributed by atoms with Crippen LogP contribution in [0.15, 0.2) is 18.7 Å². The molecule has 0 bridgehead atoms. The normalized spacial score (nSPS) is 11.5. The molecule has 0 atom stereocenters. The van der Waals surface area contributed by atoms with E-state index < -0.39 is 0 Å². The zero-order valence-corrected chi connectivity index (χ0v) is 9.47. The van der Waals surface area contributed by atoms with Crippen LogP contribution < -0.4 is 0 Å². The van der Waals surface area contributed by atoms with E-state index in [1.807, 2.05) is 20.8 Å². The van der Waals surface area contributed by atoms with E-state index >= 15 is 0 Å². The molecule has 0 aliphatic carbocycles. The molecule has 82 valence electrons. The van der Waals surface area contributed by atoms with Crippen LogP contribution in [0.25, 0.3) is 6.08 Å². The second-order valence-electron chi connectivity index (χ2n) is 4.94. The summed E-state index contributed by atoms with van der Waals surface area (Å²) in [6.07, 6.45) is 2.04. The minimum Gasteiger partial charge on any atom is -0.507 e. The van der Waals surface area contributed by atoms with E-state index in [2.05, 4.69) is 6.58 Å². The van der Waals surface area contributed by atoms with E-state index in [0.717, 1.165) is 0 Å². The van der Waals surface area contributed by atoms with Crippen molar-refractivity contribution >= 4 is 6.08 Å². The lowest BCUT2D eigenvalue weighted by Crippen LogP contribution is -2.10. The predicted molar refractivity (Wildman–Crippen MR) is 61.3 cm³/mol. The van der Waals surface area contributed by atoms with Gasteiger partial charge in [0.05, 0.1) is 0 Å². The number of phenolic OH excluding ortho intramolecular Hbond substituents is 1. The van der Waals surface area contributed by atoms with Crippen LogP contribution in [0.4, 0.5) is 4.39 Å². The Morgan fingerprint density at radius 1 is 1.40 bits per heavy atom. The van der Waals surface area contributed by atoms with Gasteiger partial charge in [0.25, 0.3) is 0 Å². The van der Waals surface area contributed by atoms with Gasteiger partial charge in [-0.2, -0.15) is 0 Å². The maximum atomic E-state index is 13.6. The summed E-state index contributed by atoms with van der Waals surface area (Å²) in [6.45, 7) is 9.61. The Labute approximate surface area is 90.3 Å². The van der Waals surface area contributed by atoms with E-state index in [9.17, 15) is 9.50 Å². The van der Waals surface area contributed by atoms with E-state index in [1.54, 1.807) is 0 Å². The molecule has 0 saturated carbocycles. The van der Waals surface area contributed by atoms with Crippen molar-refractivity contribution in [3.63, 3.8) is 0 Å². The van der Waals surface area contributed by atoms with Gasteiger partial charge >= 0.3 is 0 Å². The van der Waals surface area contributed by atoms with Crippen LogP contribution in [-0.4, -0.2) is 5.11 Å². The van der Waals surface area contributed by atoms with Crippen molar-refractivity contribution in [3.05, 3.63) is 35.7 Å². The summed E-state index contributed by atoms with van der Waals surface area (Å²) >= 11 is 0. The van der Waals surface area contributed by atoms with Gasteiger partial charge in [0.15, 0.2) is 0 Å². The van der Waals surface area contributed by atoms with Crippen LogP contribution in [0.5, 0.6) is 5.75 Å². The molecule has 1 nitrogen and oxygen atoms in total. The monoisotopic (exact) mass is 208 g/mol. The third-order valence-corrected chi connectivity index (χ3v) is 2.14. The number of rotatable bonds is 2. The maximum absolute atomic E-state index is 13.6. The van der Waals surface area contributed by atoms with Gasteiger partial charge in [-0.1, -0.05) is 33.4 Å². The fourth-order valence-corrected chi connectivity index (χ4v) is 1.49. The summed E-state index contributed by atoms with van der Waals surface area (Å²) in [5.41, 5.74) is 0.985. The van der Waals surface area contributed by atoms with Crippen LogP contribution >= 0.6 is 0 Å². The second kappa shape index (κ2) is 4.05. The van der Waals surface area contributed by atoms with Gasteiger partial charge in [-0.25, -0.2) is 4.39 Å². The van der Waals surface area contributed by atoms with Crippen molar-refractivity contribution < 1.29 is 9.50 Å². The van der Waals surface area contributed by atoms with Crippen LogP contribution in [0, 0.1) is 11.2 Å². The van der Waals surface area contributed by atoms with E-state index in [4.69, 9.17) is 0 Å². The molecule has 0 radical (unpaired) electrons. The molecule has 0 saturated heterocycles. The van der Waals surface area contributed by atoms with Gasteiger partial charge in [0.2, 0.25) is 0 Å². The highest BCUT2D eigenvalue weighted by Gasteiger charge is 2.15. The van der Waals surface area contributed by atoms with E-state index in [0.29, 0.717) is 17.5 Å². The molecule has 0 spiro atoms. The fraction of sp³-hybridized carbons (Fsp3) is 0.385. The number of hydrogen-bond donors (Lipinski definition) is 1. The van der Waals surface area contributed by atoms with Crippen LogP contribution in [-0.2, 0) is 6.42 Å². The topological polar surface area (TPSA) is 20.2 Å². The van der Waals surface area contributed by atoms with Crippen molar-refractivity contribution in [1.82, 2.24) is 0 Å². The van der Waals surface area contributed by atoms with E-state index in [1.165, 1.54) is 18.2 Å². The van der Waals surface area contributed by atoms with E-state index in [-0.39, 0.29) is 17.0 Å². The molecule has 1 aromatic rings. The van der Waals surface area contributed by atoms with Crippen molar-refractivity contribution in [3.8, 4) is 5.75 Å². The molecule has 0 fully saturated rings. The average molecular weight is 208 g/mol. The summed E-state index contributed by atoms with van der Waals surface area (Å²) < 4.78 is 13.6. The molecule has 0 aliphatic rings. The predicted octanol–water partition coefficient (Wildman–Crippen LogP) is 3.76. The van der Waals surface area contributed by atoms with Crippen LogP contribution in [0.1, 0.15) is 31.9 Å². The first kappa shape index (κ1) is 11.8. The van der Waals surface area contributed by atoms with Gasteiger partial charge in [-0.15, -0.1) is 0 Å². The average Bonchev–Trinajstić information content (AvgIpc) is 2.08. The molecule has 0 amide bonds. The minimum absolute atomic E-state index is 0.00295. The third-order valence-electron chi connectivity index (χ3n) is 2.14. The minimum atomic E-state index is -0.280. The summed E-state index contributed by atoms with van der Waals surface area (Å²) in [5.74, 6) is -0.191. The third kappa shape index (κ3) is 3.08. The molecule has 0 unspecified atom stereocenters. The molecule has 1 aromatic carbocycles. The number of hydrogen-bond acceptors (Lipinski definition) is 1. The lowest BCUT2D eigenvalue weighted by atomic mass is 9.87. The molecule has 15 heavy (non-hydrogen) atoms. The molecular weight excluding hydrogens is 191 g/mol. The summed E-state index contributed by atoms with van der Waals surface area (Å²) in [7, 11) is 0. The fourth-order valence-electron chi connectivity index (χ4n) is 1.49. The first-order valence-corrected chi connectivity index (χ1v) is 4.97. The molecule has 0 heterocycles.